The van der Waals surface area contributed by atoms with Crippen molar-refractivity contribution < 1.29 is 0 Å². The lowest BCUT2D eigenvalue weighted by Crippen LogP contribution is -1.92. The summed E-state index contributed by atoms with van der Waals surface area (Å²) in [7, 11) is 0. The number of alkyl halides is 1. The summed E-state index contributed by atoms with van der Waals surface area (Å²) in [4.78, 5) is 0.227. The van der Waals surface area contributed by atoms with Crippen molar-refractivity contribution in [2.45, 2.75) is 18.2 Å². The molecule has 0 aliphatic heterocycles. The summed E-state index contributed by atoms with van der Waals surface area (Å²) in [5.74, 6) is 0. The van der Waals surface area contributed by atoms with Crippen LogP contribution in [0.25, 0.3) is 0 Å². The monoisotopic (exact) mass is 308 g/mol. The minimum Gasteiger partial charge on any atom is -0.0843 e. The van der Waals surface area contributed by atoms with E-state index in [1.54, 1.807) is 0 Å². The van der Waals surface area contributed by atoms with Gasteiger partial charge < -0.3 is 0 Å². The van der Waals surface area contributed by atoms with E-state index in [4.69, 9.17) is 11.6 Å². The van der Waals surface area contributed by atoms with E-state index in [2.05, 4.69) is 59.3 Å². The molecule has 1 unspecified atom stereocenters. The van der Waals surface area contributed by atoms with Crippen molar-refractivity contribution >= 4 is 27.5 Å². The maximum atomic E-state index is 5.89. The van der Waals surface area contributed by atoms with Crippen LogP contribution in [-0.2, 0) is 6.42 Å². The smallest absolute Gasteiger partial charge is 0.0644 e. The molecule has 2 aromatic carbocycles. The first kappa shape index (κ1) is 12.7. The normalized spacial score (nSPS) is 12.4. The molecule has 0 bridgehead atoms. The molecule has 0 aromatic heterocycles. The molecule has 0 amide bonds. The molecule has 0 radical (unpaired) electrons. The lowest BCUT2D eigenvalue weighted by atomic mass is 10.0. The Morgan fingerprint density at radius 1 is 0.941 bits per heavy atom. The summed E-state index contributed by atoms with van der Waals surface area (Å²) in [5, 5.41) is 0.773. The molecule has 0 aliphatic carbocycles. The molecular formula is C15H14BrCl. The highest BCUT2D eigenvalue weighted by atomic mass is 79.9. The van der Waals surface area contributed by atoms with Crippen LogP contribution in [0.4, 0.5) is 0 Å². The van der Waals surface area contributed by atoms with Gasteiger partial charge in [0.15, 0.2) is 0 Å². The van der Waals surface area contributed by atoms with Crippen molar-refractivity contribution in [2.75, 3.05) is 0 Å². The van der Waals surface area contributed by atoms with Crippen LogP contribution in [0.5, 0.6) is 0 Å². The van der Waals surface area contributed by atoms with Gasteiger partial charge in [0.25, 0.3) is 0 Å². The van der Waals surface area contributed by atoms with Gasteiger partial charge in [-0.05, 0) is 35.2 Å². The topological polar surface area (TPSA) is 0 Å². The molecule has 0 saturated carbocycles. The highest BCUT2D eigenvalue weighted by molar-refractivity contribution is 9.09. The fourth-order valence-corrected chi connectivity index (χ4v) is 2.48. The second-order valence-electron chi connectivity index (χ2n) is 4.01. The number of hydrogen-bond donors (Lipinski definition) is 0. The van der Waals surface area contributed by atoms with Crippen molar-refractivity contribution in [3.63, 3.8) is 0 Å². The van der Waals surface area contributed by atoms with E-state index in [1.807, 2.05) is 12.1 Å². The molecule has 0 aliphatic rings. The number of benzene rings is 2. The zero-order valence-corrected chi connectivity index (χ0v) is 12.0. The summed E-state index contributed by atoms with van der Waals surface area (Å²) >= 11 is 9.61. The van der Waals surface area contributed by atoms with E-state index in [9.17, 15) is 0 Å². The molecule has 0 heterocycles. The predicted molar refractivity (Wildman–Crippen MR) is 78.0 cm³/mol. The van der Waals surface area contributed by atoms with Crippen LogP contribution in [0.3, 0.4) is 0 Å². The van der Waals surface area contributed by atoms with Crippen molar-refractivity contribution in [2.24, 2.45) is 0 Å². The second kappa shape index (κ2) is 5.70. The maximum absolute atomic E-state index is 5.89. The molecule has 17 heavy (non-hydrogen) atoms. The Hall–Kier alpha value is -0.790. The van der Waals surface area contributed by atoms with Crippen LogP contribution in [0.15, 0.2) is 48.5 Å². The van der Waals surface area contributed by atoms with Crippen molar-refractivity contribution in [1.82, 2.24) is 0 Å². The zero-order chi connectivity index (χ0) is 12.3. The zero-order valence-electron chi connectivity index (χ0n) is 9.66. The lowest BCUT2D eigenvalue weighted by Gasteiger charge is -2.11. The third-order valence-corrected chi connectivity index (χ3v) is 4.15. The Kier molecular flexibility index (Phi) is 4.25. The second-order valence-corrected chi connectivity index (χ2v) is 5.36. The number of hydrogen-bond acceptors (Lipinski definition) is 0. The Bertz CT molecular complexity index is 473. The standard InChI is InChI=1S/C15H14BrCl/c1-2-11-3-5-12(6-4-11)15(16)13-7-9-14(17)10-8-13/h3-10,15H,2H2,1H3. The van der Waals surface area contributed by atoms with Crippen molar-refractivity contribution in [3.05, 3.63) is 70.2 Å². The van der Waals surface area contributed by atoms with E-state index in [0.717, 1.165) is 11.4 Å². The van der Waals surface area contributed by atoms with Crippen LogP contribution >= 0.6 is 27.5 Å². The van der Waals surface area contributed by atoms with Crippen LogP contribution in [0, 0.1) is 0 Å². The molecule has 0 spiro atoms. The molecule has 2 rings (SSSR count). The maximum Gasteiger partial charge on any atom is 0.0644 e. The number of halogens is 2. The van der Waals surface area contributed by atoms with Gasteiger partial charge in [0, 0.05) is 5.02 Å². The van der Waals surface area contributed by atoms with Crippen LogP contribution < -0.4 is 0 Å². The Morgan fingerprint density at radius 2 is 1.41 bits per heavy atom. The average Bonchev–Trinajstić information content (AvgIpc) is 2.39. The third kappa shape index (κ3) is 3.11. The molecular weight excluding hydrogens is 296 g/mol. The molecule has 1 atom stereocenters. The van der Waals surface area contributed by atoms with E-state index < -0.39 is 0 Å². The summed E-state index contributed by atoms with van der Waals surface area (Å²) in [5.41, 5.74) is 3.85. The Balaban J connectivity index is 2.23. The van der Waals surface area contributed by atoms with Gasteiger partial charge in [0.05, 0.1) is 4.83 Å². The third-order valence-electron chi connectivity index (χ3n) is 2.84. The average molecular weight is 310 g/mol. The first-order valence-electron chi connectivity index (χ1n) is 5.69. The van der Waals surface area contributed by atoms with E-state index >= 15 is 0 Å². The summed E-state index contributed by atoms with van der Waals surface area (Å²) in [6, 6.07) is 16.7. The lowest BCUT2D eigenvalue weighted by molar-refractivity contribution is 1.11. The van der Waals surface area contributed by atoms with Crippen LogP contribution in [0.1, 0.15) is 28.4 Å². The Labute approximate surface area is 116 Å². The largest absolute Gasteiger partial charge is 0.0843 e. The molecule has 0 N–H and O–H groups in total. The molecule has 88 valence electrons. The van der Waals surface area contributed by atoms with Gasteiger partial charge in [0.1, 0.15) is 0 Å². The highest BCUT2D eigenvalue weighted by Gasteiger charge is 2.09. The molecule has 0 fully saturated rings. The quantitative estimate of drug-likeness (QED) is 0.667. The molecule has 2 heteroatoms. The minimum absolute atomic E-state index is 0.227. The first-order valence-corrected chi connectivity index (χ1v) is 6.98. The van der Waals surface area contributed by atoms with Gasteiger partial charge in [-0.25, -0.2) is 0 Å². The van der Waals surface area contributed by atoms with Crippen molar-refractivity contribution in [3.8, 4) is 0 Å². The van der Waals surface area contributed by atoms with Gasteiger partial charge in [0.2, 0.25) is 0 Å². The summed E-state index contributed by atoms with van der Waals surface area (Å²) in [6.07, 6.45) is 1.08. The number of aryl methyl sites for hydroxylation is 1. The highest BCUT2D eigenvalue weighted by Crippen LogP contribution is 2.31. The molecule has 0 nitrogen and oxygen atoms in total. The Morgan fingerprint density at radius 3 is 1.88 bits per heavy atom. The van der Waals surface area contributed by atoms with Gasteiger partial charge in [-0.15, -0.1) is 0 Å². The summed E-state index contributed by atoms with van der Waals surface area (Å²) in [6.45, 7) is 2.17. The first-order chi connectivity index (χ1) is 8.20. The van der Waals surface area contributed by atoms with Crippen LogP contribution in [-0.4, -0.2) is 0 Å². The fourth-order valence-electron chi connectivity index (χ4n) is 1.75. The van der Waals surface area contributed by atoms with Gasteiger partial charge in [-0.3, -0.25) is 0 Å². The van der Waals surface area contributed by atoms with Gasteiger partial charge >= 0.3 is 0 Å². The minimum atomic E-state index is 0.227. The summed E-state index contributed by atoms with van der Waals surface area (Å²) < 4.78 is 0. The molecule has 0 saturated heterocycles. The molecule has 2 aromatic rings. The van der Waals surface area contributed by atoms with Gasteiger partial charge in [-0.2, -0.15) is 0 Å². The van der Waals surface area contributed by atoms with Gasteiger partial charge in [-0.1, -0.05) is 70.9 Å². The van der Waals surface area contributed by atoms with E-state index in [-0.39, 0.29) is 4.83 Å². The fraction of sp³-hybridized carbons (Fsp3) is 0.200. The van der Waals surface area contributed by atoms with Crippen molar-refractivity contribution in [1.29, 1.82) is 0 Å². The SMILES string of the molecule is CCc1ccc(C(Br)c2ccc(Cl)cc2)cc1. The van der Waals surface area contributed by atoms with E-state index in [0.29, 0.717) is 0 Å². The van der Waals surface area contributed by atoms with Crippen LogP contribution in [0.2, 0.25) is 5.02 Å². The predicted octanol–water partition coefficient (Wildman–Crippen LogP) is 5.39. The number of rotatable bonds is 3. The van der Waals surface area contributed by atoms with E-state index in [1.165, 1.54) is 16.7 Å².